The van der Waals surface area contributed by atoms with Crippen LogP contribution >= 0.6 is 11.3 Å². The monoisotopic (exact) mass is 407 g/mol. The third kappa shape index (κ3) is 4.39. The first kappa shape index (κ1) is 19.0. The second kappa shape index (κ2) is 8.76. The molecule has 1 aromatic carbocycles. The summed E-state index contributed by atoms with van der Waals surface area (Å²) in [6.07, 6.45) is 3.57. The lowest BCUT2D eigenvalue weighted by molar-refractivity contribution is 0.0958. The number of nitrogens with one attached hydrogen (secondary N) is 4. The van der Waals surface area contributed by atoms with Crippen LogP contribution in [0, 0.1) is 0 Å². The zero-order valence-corrected chi connectivity index (χ0v) is 16.4. The van der Waals surface area contributed by atoms with Crippen molar-refractivity contribution < 1.29 is 9.90 Å². The van der Waals surface area contributed by atoms with Gasteiger partial charge in [-0.1, -0.05) is 18.2 Å². The normalized spacial score (nSPS) is 10.9. The number of phenols is 1. The van der Waals surface area contributed by atoms with Crippen LogP contribution in [0.2, 0.25) is 0 Å². The minimum Gasteiger partial charge on any atom is -0.508 e. The molecular formula is C21H21N5O2S. The van der Waals surface area contributed by atoms with E-state index in [9.17, 15) is 9.90 Å². The fourth-order valence-corrected chi connectivity index (χ4v) is 3.79. The number of fused-ring (bicyclic) bond motifs is 1. The van der Waals surface area contributed by atoms with Crippen LogP contribution < -0.4 is 16.0 Å². The zero-order valence-electron chi connectivity index (χ0n) is 15.6. The van der Waals surface area contributed by atoms with Crippen molar-refractivity contribution in [1.82, 2.24) is 20.6 Å². The van der Waals surface area contributed by atoms with E-state index < -0.39 is 0 Å². The predicted molar refractivity (Wildman–Crippen MR) is 116 cm³/mol. The van der Waals surface area contributed by atoms with Crippen LogP contribution in [-0.2, 0) is 6.54 Å². The van der Waals surface area contributed by atoms with Crippen molar-refractivity contribution in [3.8, 4) is 5.75 Å². The van der Waals surface area contributed by atoms with Gasteiger partial charge in [0.05, 0.1) is 11.4 Å². The van der Waals surface area contributed by atoms with Gasteiger partial charge in [-0.3, -0.25) is 4.79 Å². The molecule has 0 aliphatic carbocycles. The molecule has 7 nitrogen and oxygen atoms in total. The van der Waals surface area contributed by atoms with Crippen molar-refractivity contribution >= 4 is 39.7 Å². The molecule has 0 radical (unpaired) electrons. The second-order valence-electron chi connectivity index (χ2n) is 6.45. The van der Waals surface area contributed by atoms with Gasteiger partial charge in [-0.2, -0.15) is 0 Å². The number of hydrogen-bond donors (Lipinski definition) is 5. The maximum atomic E-state index is 12.6. The van der Waals surface area contributed by atoms with Crippen LogP contribution in [0.4, 0.5) is 11.4 Å². The summed E-state index contributed by atoms with van der Waals surface area (Å²) in [5.74, 6) is 0.150. The Hall–Kier alpha value is -3.36. The minimum atomic E-state index is -0.119. The van der Waals surface area contributed by atoms with E-state index in [-0.39, 0.29) is 11.7 Å². The van der Waals surface area contributed by atoms with Crippen LogP contribution in [0.3, 0.4) is 0 Å². The zero-order chi connectivity index (χ0) is 20.1. The summed E-state index contributed by atoms with van der Waals surface area (Å²) < 4.78 is 0. The summed E-state index contributed by atoms with van der Waals surface area (Å²) in [7, 11) is 0. The van der Waals surface area contributed by atoms with Gasteiger partial charge in [-0.05, 0) is 29.6 Å². The molecule has 5 N–H and O–H groups in total. The van der Waals surface area contributed by atoms with Crippen LogP contribution in [0.1, 0.15) is 15.2 Å². The van der Waals surface area contributed by atoms with Gasteiger partial charge in [0.2, 0.25) is 0 Å². The van der Waals surface area contributed by atoms with Crippen LogP contribution in [0.15, 0.2) is 60.2 Å². The van der Waals surface area contributed by atoms with E-state index in [1.54, 1.807) is 18.3 Å². The Morgan fingerprint density at radius 2 is 2.00 bits per heavy atom. The topological polar surface area (TPSA) is 102 Å². The van der Waals surface area contributed by atoms with E-state index in [0.717, 1.165) is 28.0 Å². The molecule has 0 spiro atoms. The molecule has 29 heavy (non-hydrogen) atoms. The van der Waals surface area contributed by atoms with Gasteiger partial charge < -0.3 is 26.0 Å². The highest BCUT2D eigenvalue weighted by atomic mass is 32.1. The summed E-state index contributed by atoms with van der Waals surface area (Å²) in [5.41, 5.74) is 3.29. The Bertz CT molecular complexity index is 1120. The number of para-hydroxylation sites is 1. The number of pyridine rings is 1. The number of amides is 1. The first-order valence-corrected chi connectivity index (χ1v) is 10.1. The van der Waals surface area contributed by atoms with Gasteiger partial charge in [-0.15, -0.1) is 11.3 Å². The quantitative estimate of drug-likeness (QED) is 0.287. The Morgan fingerprint density at radius 1 is 1.10 bits per heavy atom. The number of benzene rings is 1. The molecule has 3 heterocycles. The molecule has 0 unspecified atom stereocenters. The minimum absolute atomic E-state index is 0.119. The fraction of sp³-hybridized carbons (Fsp3) is 0.143. The summed E-state index contributed by atoms with van der Waals surface area (Å²) >= 11 is 1.40. The number of H-pyrrole nitrogens is 1. The number of rotatable bonds is 8. The molecule has 0 aliphatic rings. The van der Waals surface area contributed by atoms with Gasteiger partial charge in [0, 0.05) is 43.0 Å². The van der Waals surface area contributed by atoms with Crippen molar-refractivity contribution in [1.29, 1.82) is 0 Å². The molecule has 3 aromatic heterocycles. The van der Waals surface area contributed by atoms with Crippen LogP contribution in [0.5, 0.6) is 5.75 Å². The maximum Gasteiger partial charge on any atom is 0.263 e. The third-order valence-corrected chi connectivity index (χ3v) is 5.41. The number of thiophene rings is 1. The summed E-state index contributed by atoms with van der Waals surface area (Å²) in [5, 5.41) is 22.1. The number of hydrogen-bond acceptors (Lipinski definition) is 6. The molecule has 0 bridgehead atoms. The SMILES string of the molecule is O=C(NCCNCc1ccccc1O)c1sccc1Nc1ccnc2[nH]ccc12. The van der Waals surface area contributed by atoms with Crippen molar-refractivity contribution in [3.05, 3.63) is 70.7 Å². The highest BCUT2D eigenvalue weighted by Gasteiger charge is 2.14. The molecule has 1 amide bonds. The number of carbonyl (C=O) groups is 1. The molecule has 0 fully saturated rings. The molecule has 0 saturated heterocycles. The highest BCUT2D eigenvalue weighted by Crippen LogP contribution is 2.29. The number of anilines is 2. The molecule has 4 aromatic rings. The lowest BCUT2D eigenvalue weighted by Gasteiger charge is -2.10. The number of nitrogens with zero attached hydrogens (tertiary/aromatic N) is 1. The van der Waals surface area contributed by atoms with Crippen molar-refractivity contribution in [2.24, 2.45) is 0 Å². The Morgan fingerprint density at radius 3 is 2.90 bits per heavy atom. The van der Waals surface area contributed by atoms with Crippen molar-refractivity contribution in [3.63, 3.8) is 0 Å². The number of aromatic nitrogens is 2. The van der Waals surface area contributed by atoms with Gasteiger partial charge in [0.15, 0.2) is 0 Å². The van der Waals surface area contributed by atoms with Crippen molar-refractivity contribution in [2.45, 2.75) is 6.54 Å². The lowest BCUT2D eigenvalue weighted by atomic mass is 10.2. The van der Waals surface area contributed by atoms with E-state index in [0.29, 0.717) is 24.5 Å². The standard InChI is InChI=1S/C21H21N5O2S/c27-18-4-2-1-3-14(18)13-22-10-11-25-21(28)19-17(7-12-29-19)26-16-6-9-24-20-15(16)5-8-23-20/h1-9,12,22,27H,10-11,13H2,(H,25,28)(H2,23,24,26). The average Bonchev–Trinajstić information content (AvgIpc) is 3.39. The summed E-state index contributed by atoms with van der Waals surface area (Å²) in [4.78, 5) is 20.6. The lowest BCUT2D eigenvalue weighted by Crippen LogP contribution is -2.31. The molecule has 0 aliphatic heterocycles. The van der Waals surface area contributed by atoms with Gasteiger partial charge in [0.1, 0.15) is 16.3 Å². The smallest absolute Gasteiger partial charge is 0.263 e. The van der Waals surface area contributed by atoms with E-state index in [4.69, 9.17) is 0 Å². The molecular weight excluding hydrogens is 386 g/mol. The first-order valence-electron chi connectivity index (χ1n) is 9.25. The Kier molecular flexibility index (Phi) is 5.73. The van der Waals surface area contributed by atoms with Gasteiger partial charge >= 0.3 is 0 Å². The number of phenolic OH excluding ortho intramolecular Hbond substituents is 1. The highest BCUT2D eigenvalue weighted by molar-refractivity contribution is 7.12. The van der Waals surface area contributed by atoms with Gasteiger partial charge in [0.25, 0.3) is 5.91 Å². The third-order valence-electron chi connectivity index (χ3n) is 4.50. The molecule has 0 atom stereocenters. The van der Waals surface area contributed by atoms with E-state index in [2.05, 4.69) is 25.9 Å². The first-order chi connectivity index (χ1) is 14.2. The van der Waals surface area contributed by atoms with E-state index in [1.165, 1.54) is 11.3 Å². The number of aromatic amines is 1. The van der Waals surface area contributed by atoms with Gasteiger partial charge in [-0.25, -0.2) is 4.98 Å². The van der Waals surface area contributed by atoms with E-state index >= 15 is 0 Å². The molecule has 0 saturated carbocycles. The molecule has 4 rings (SSSR count). The fourth-order valence-electron chi connectivity index (χ4n) is 3.03. The van der Waals surface area contributed by atoms with Crippen LogP contribution in [-0.4, -0.2) is 34.1 Å². The van der Waals surface area contributed by atoms with E-state index in [1.807, 2.05) is 41.9 Å². The number of carbonyl (C=O) groups excluding carboxylic acids is 1. The summed E-state index contributed by atoms with van der Waals surface area (Å²) in [6.45, 7) is 1.63. The predicted octanol–water partition coefficient (Wildman–Crippen LogP) is 3.59. The maximum absolute atomic E-state index is 12.6. The number of aromatic hydroxyl groups is 1. The van der Waals surface area contributed by atoms with Crippen LogP contribution in [0.25, 0.3) is 11.0 Å². The summed E-state index contributed by atoms with van der Waals surface area (Å²) in [6, 6.07) is 12.9. The Labute approximate surface area is 171 Å². The van der Waals surface area contributed by atoms with Crippen molar-refractivity contribution in [2.75, 3.05) is 18.4 Å². The molecule has 8 heteroatoms. The largest absolute Gasteiger partial charge is 0.508 e. The molecule has 148 valence electrons. The average molecular weight is 407 g/mol. The second-order valence-corrected chi connectivity index (χ2v) is 7.36. The Balaban J connectivity index is 1.31.